The first-order chi connectivity index (χ1) is 16.4. The summed E-state index contributed by atoms with van der Waals surface area (Å²) in [6, 6.07) is 27.8. The fourth-order valence-electron chi connectivity index (χ4n) is 2.96. The minimum Gasteiger partial charge on any atom is -0.655 e. The van der Waals surface area contributed by atoms with E-state index in [0.717, 1.165) is 0 Å². The Morgan fingerprint density at radius 3 is 1.11 bits per heavy atom. The van der Waals surface area contributed by atoms with Crippen molar-refractivity contribution in [1.29, 1.82) is 0 Å². The van der Waals surface area contributed by atoms with Gasteiger partial charge in [0.15, 0.2) is 0 Å². The van der Waals surface area contributed by atoms with Crippen molar-refractivity contribution in [2.45, 2.75) is 0 Å². The molecule has 0 amide bonds. The largest absolute Gasteiger partial charge is 2.00 e. The number of hydrogen-bond acceptors (Lipinski definition) is 4. The number of nitrogens with two attached hydrogens (primary N) is 2. The van der Waals surface area contributed by atoms with Crippen molar-refractivity contribution >= 4 is 46.1 Å². The predicted molar refractivity (Wildman–Crippen MR) is 136 cm³/mol. The zero-order chi connectivity index (χ0) is 24.5. The van der Waals surface area contributed by atoms with Crippen molar-refractivity contribution in [2.75, 3.05) is 11.5 Å². The number of anilines is 2. The number of nitrogen functional groups attached to an aromatic ring is 2. The molecule has 8 nitrogen and oxygen atoms in total. The Kier molecular flexibility index (Phi) is 9.69. The van der Waals surface area contributed by atoms with Gasteiger partial charge in [0, 0.05) is 21.0 Å². The summed E-state index contributed by atoms with van der Waals surface area (Å²) in [6.07, 6.45) is 0. The van der Waals surface area contributed by atoms with E-state index in [1.54, 1.807) is 72.8 Å². The quantitative estimate of drug-likeness (QED) is 0.212. The summed E-state index contributed by atoms with van der Waals surface area (Å²) in [5.74, 6) is -1.50. The summed E-state index contributed by atoms with van der Waals surface area (Å²) < 4.78 is 0. The van der Waals surface area contributed by atoms with Gasteiger partial charge in [0.25, 0.3) is 0 Å². The van der Waals surface area contributed by atoms with Gasteiger partial charge in [-0.05, 0) is 24.3 Å². The number of benzene rings is 4. The number of nitrogens with zero attached hydrogens (tertiary/aromatic N) is 2. The van der Waals surface area contributed by atoms with Crippen molar-refractivity contribution < 1.29 is 36.3 Å². The molecule has 35 heavy (non-hydrogen) atoms. The van der Waals surface area contributed by atoms with E-state index < -0.39 is 11.9 Å². The molecule has 0 saturated carbocycles. The van der Waals surface area contributed by atoms with E-state index in [1.807, 2.05) is 24.3 Å². The molecule has 0 unspecified atom stereocenters. The molecule has 0 aliphatic heterocycles. The first-order valence-electron chi connectivity index (χ1n) is 10.2. The first-order valence-corrected chi connectivity index (χ1v) is 10.2. The van der Waals surface area contributed by atoms with Crippen LogP contribution in [-0.4, -0.2) is 22.2 Å². The van der Waals surface area contributed by atoms with Crippen molar-refractivity contribution in [3.63, 3.8) is 0 Å². The first kappa shape index (κ1) is 26.8. The summed E-state index contributed by atoms with van der Waals surface area (Å²) in [5, 5.41) is 22.9. The van der Waals surface area contributed by atoms with Gasteiger partial charge in [-0.2, -0.15) is 0 Å². The van der Waals surface area contributed by atoms with E-state index in [2.05, 4.69) is 10.6 Å². The van der Waals surface area contributed by atoms with E-state index in [4.69, 9.17) is 21.7 Å². The predicted octanol–water partition coefficient (Wildman–Crippen LogP) is 4.94. The molecule has 0 aromatic heterocycles. The Labute approximate surface area is 212 Å². The van der Waals surface area contributed by atoms with E-state index in [0.29, 0.717) is 34.1 Å². The van der Waals surface area contributed by atoms with Gasteiger partial charge < -0.3 is 32.3 Å². The van der Waals surface area contributed by atoms with Gasteiger partial charge in [0.05, 0.1) is 0 Å². The number of para-hydroxylation sites is 6. The molecule has 0 radical (unpaired) electrons. The van der Waals surface area contributed by atoms with Crippen LogP contribution in [-0.2, 0) is 16.5 Å². The SMILES string of the molecule is Nc1ccccc1[N-]c1ccccc1C(=O)[OH2+].Nc1ccccc1[N-]c1ccccc1C(=O)[OH2+].[Ni+2]. The molecule has 0 aliphatic rings. The molecule has 0 saturated heterocycles. The summed E-state index contributed by atoms with van der Waals surface area (Å²) >= 11 is 0. The van der Waals surface area contributed by atoms with Gasteiger partial charge in [0.2, 0.25) is 0 Å². The van der Waals surface area contributed by atoms with Crippen LogP contribution in [0, 0.1) is 0 Å². The van der Waals surface area contributed by atoms with Crippen LogP contribution in [0.5, 0.6) is 0 Å². The number of hydrogen-bond donors (Lipinski definition) is 2. The average Bonchev–Trinajstić information content (AvgIpc) is 2.83. The number of carbonyl (C=O) groups is 2. The standard InChI is InChI=1S/2C13H11N2O2.Ni/c2*14-10-6-2-4-8-12(10)15-11-7-3-1-5-9(11)13(16)17;/h2*1-8H,14H2,(H,16,17);/q2*-1;+2/p+2. The zero-order valence-electron chi connectivity index (χ0n) is 18.4. The van der Waals surface area contributed by atoms with Gasteiger partial charge >= 0.3 is 28.4 Å². The number of rotatable bonds is 6. The molecular weight excluding hydrogens is 491 g/mol. The number of carbonyl (C=O) groups excluding carboxylic acids is 2. The van der Waals surface area contributed by atoms with Crippen LogP contribution in [0.15, 0.2) is 97.1 Å². The van der Waals surface area contributed by atoms with Crippen LogP contribution in [0.1, 0.15) is 20.7 Å². The molecule has 0 heterocycles. The van der Waals surface area contributed by atoms with Gasteiger partial charge in [0.1, 0.15) is 11.1 Å². The Balaban J connectivity index is 0.000000240. The molecule has 0 bridgehead atoms. The molecular formula is C26H24N4NiO4+2. The van der Waals surface area contributed by atoms with Crippen LogP contribution in [0.2, 0.25) is 0 Å². The third-order valence-corrected chi connectivity index (χ3v) is 4.65. The summed E-state index contributed by atoms with van der Waals surface area (Å²) in [6.45, 7) is 0. The van der Waals surface area contributed by atoms with E-state index in [9.17, 15) is 9.59 Å². The molecule has 4 aromatic rings. The van der Waals surface area contributed by atoms with Gasteiger partial charge in [-0.25, -0.2) is 0 Å². The minimum absolute atomic E-state index is 0. The van der Waals surface area contributed by atoms with E-state index >= 15 is 0 Å². The van der Waals surface area contributed by atoms with Crippen molar-refractivity contribution in [3.05, 3.63) is 119 Å². The van der Waals surface area contributed by atoms with Gasteiger partial charge in [-0.1, -0.05) is 72.8 Å². The third-order valence-electron chi connectivity index (χ3n) is 4.65. The second-order valence-corrected chi connectivity index (χ2v) is 7.03. The van der Waals surface area contributed by atoms with E-state index in [-0.39, 0.29) is 27.6 Å². The van der Waals surface area contributed by atoms with Crippen LogP contribution in [0.25, 0.3) is 10.6 Å². The van der Waals surface area contributed by atoms with Crippen LogP contribution in [0.4, 0.5) is 34.1 Å². The molecule has 4 aromatic carbocycles. The molecule has 0 fully saturated rings. The maximum Gasteiger partial charge on any atom is 2.00 e. The summed E-state index contributed by atoms with van der Waals surface area (Å²) in [4.78, 5) is 22.2. The van der Waals surface area contributed by atoms with Crippen molar-refractivity contribution in [3.8, 4) is 0 Å². The molecule has 0 atom stereocenters. The maximum absolute atomic E-state index is 11.1. The monoisotopic (exact) mass is 514 g/mol. The fraction of sp³-hybridized carbons (Fsp3) is 0. The molecule has 4 rings (SSSR count). The van der Waals surface area contributed by atoms with Gasteiger partial charge in [-0.3, -0.25) is 0 Å². The summed E-state index contributed by atoms with van der Waals surface area (Å²) in [5.41, 5.74) is 15.3. The maximum atomic E-state index is 11.1. The van der Waals surface area contributed by atoms with E-state index in [1.165, 1.54) is 0 Å². The van der Waals surface area contributed by atoms with Crippen molar-refractivity contribution in [1.82, 2.24) is 0 Å². The fourth-order valence-corrected chi connectivity index (χ4v) is 2.96. The molecule has 0 spiro atoms. The topological polar surface area (TPSA) is 160 Å². The Bertz CT molecular complexity index is 1210. The second-order valence-electron chi connectivity index (χ2n) is 7.03. The normalized spacial score (nSPS) is 9.60. The van der Waals surface area contributed by atoms with Crippen LogP contribution >= 0.6 is 0 Å². The Hall–Kier alpha value is -4.49. The summed E-state index contributed by atoms with van der Waals surface area (Å²) in [7, 11) is 0. The van der Waals surface area contributed by atoms with Crippen LogP contribution < -0.4 is 11.5 Å². The molecule has 8 N–H and O–H groups in total. The third kappa shape index (κ3) is 7.25. The smallest absolute Gasteiger partial charge is 0.655 e. The average molecular weight is 515 g/mol. The molecule has 180 valence electrons. The Morgan fingerprint density at radius 2 is 0.800 bits per heavy atom. The minimum atomic E-state index is -0.751. The molecule has 0 aliphatic carbocycles. The Morgan fingerprint density at radius 1 is 0.514 bits per heavy atom. The van der Waals surface area contributed by atoms with Crippen LogP contribution in [0.3, 0.4) is 0 Å². The molecule has 9 heteroatoms. The van der Waals surface area contributed by atoms with Gasteiger partial charge in [-0.15, -0.1) is 22.7 Å². The zero-order valence-corrected chi connectivity index (χ0v) is 19.4. The van der Waals surface area contributed by atoms with Crippen molar-refractivity contribution in [2.24, 2.45) is 0 Å². The second kappa shape index (κ2) is 12.7.